The summed E-state index contributed by atoms with van der Waals surface area (Å²) in [6.45, 7) is 2.88. The Hall–Kier alpha value is -2.05. The van der Waals surface area contributed by atoms with Gasteiger partial charge in [0.15, 0.2) is 0 Å². The lowest BCUT2D eigenvalue weighted by Gasteiger charge is -2.28. The average Bonchev–Trinajstić information content (AvgIpc) is 3.31. The molecule has 0 fully saturated rings. The molecule has 5 nitrogen and oxygen atoms in total. The lowest BCUT2D eigenvalue weighted by molar-refractivity contribution is 0.482. The fourth-order valence-corrected chi connectivity index (χ4v) is 6.89. The fourth-order valence-electron chi connectivity index (χ4n) is 6.17. The van der Waals surface area contributed by atoms with Gasteiger partial charge in [0.1, 0.15) is 4.90 Å². The number of unbranched alkanes of at least 4 members (excludes halogenated alkanes) is 18. The Morgan fingerprint density at radius 1 is 0.659 bits per heavy atom. The molecule has 0 saturated carbocycles. The number of nitrogens with zero attached hydrogens (tertiary/aromatic N) is 1. The van der Waals surface area contributed by atoms with Crippen LogP contribution < -0.4 is 10.2 Å². The lowest BCUT2D eigenvalue weighted by atomic mass is 10.0. The van der Waals surface area contributed by atoms with Crippen LogP contribution in [0.25, 0.3) is 0 Å². The van der Waals surface area contributed by atoms with Gasteiger partial charge in [-0.15, -0.1) is 0 Å². The van der Waals surface area contributed by atoms with Crippen LogP contribution in [-0.2, 0) is 16.7 Å². The predicted molar refractivity (Wildman–Crippen MR) is 174 cm³/mol. The molecular weight excluding hydrogens is 528 g/mol. The van der Waals surface area contributed by atoms with Crippen molar-refractivity contribution in [1.29, 1.82) is 0 Å². The summed E-state index contributed by atoms with van der Waals surface area (Å²) in [6.07, 6.45) is 26.9. The minimum Gasteiger partial charge on any atom is -0.363 e. The average molecular weight is 585 g/mol. The third kappa shape index (κ3) is 12.4. The van der Waals surface area contributed by atoms with Gasteiger partial charge in [-0.05, 0) is 30.5 Å². The zero-order chi connectivity index (χ0) is 29.2. The first kappa shape index (κ1) is 33.5. The highest BCUT2D eigenvalue weighted by molar-refractivity contribution is 7.86. The van der Waals surface area contributed by atoms with Gasteiger partial charge >= 0.3 is 0 Å². The van der Waals surface area contributed by atoms with E-state index in [1.54, 1.807) is 6.07 Å². The van der Waals surface area contributed by atoms with E-state index in [1.165, 1.54) is 122 Å². The smallest absolute Gasteiger partial charge is 0.296 e. The number of hydrogen-bond acceptors (Lipinski definition) is 4. The largest absolute Gasteiger partial charge is 0.363 e. The molecule has 0 radical (unpaired) electrons. The van der Waals surface area contributed by atoms with Crippen molar-refractivity contribution in [2.75, 3.05) is 10.2 Å². The Kier molecular flexibility index (Phi) is 15.7. The second kappa shape index (κ2) is 19.2. The van der Waals surface area contributed by atoms with Crippen LogP contribution in [-0.4, -0.2) is 19.1 Å². The molecular formula is C35H56N2O3S. The summed E-state index contributed by atoms with van der Waals surface area (Å²) in [5.74, 6) is 0. The van der Waals surface area contributed by atoms with Gasteiger partial charge in [-0.3, -0.25) is 4.55 Å². The monoisotopic (exact) mass is 584 g/mol. The van der Waals surface area contributed by atoms with E-state index in [9.17, 15) is 13.0 Å². The molecule has 1 aliphatic heterocycles. The summed E-state index contributed by atoms with van der Waals surface area (Å²) in [5, 5.41) is 3.53. The van der Waals surface area contributed by atoms with Crippen LogP contribution >= 0.6 is 0 Å². The first-order chi connectivity index (χ1) is 20.0. The van der Waals surface area contributed by atoms with Crippen LogP contribution in [0.2, 0.25) is 0 Å². The highest BCUT2D eigenvalue weighted by Gasteiger charge is 2.33. The molecule has 2 N–H and O–H groups in total. The minimum atomic E-state index is -4.31. The highest BCUT2D eigenvalue weighted by Crippen LogP contribution is 2.42. The molecule has 0 bridgehead atoms. The molecule has 0 saturated heterocycles. The molecule has 0 aromatic heterocycles. The standard InChI is InChI=1S/C35H56N2O3S/c1-2-3-4-5-6-7-8-9-10-11-12-13-14-15-16-17-18-19-23-29-34-36-32-27-24-28-33(41(38,39)40)35(32)37(34)30-31-25-21-20-22-26-31/h20-22,24-28,34,36H,2-19,23,29-30H2,1H3,(H,38,39,40). The van der Waals surface area contributed by atoms with Crippen LogP contribution in [0.3, 0.4) is 0 Å². The molecule has 230 valence electrons. The zero-order valence-electron chi connectivity index (χ0n) is 25.7. The van der Waals surface area contributed by atoms with Gasteiger partial charge in [0.05, 0.1) is 17.5 Å². The minimum absolute atomic E-state index is 0.0129. The fraction of sp³-hybridized carbons (Fsp3) is 0.657. The van der Waals surface area contributed by atoms with E-state index in [4.69, 9.17) is 0 Å². The van der Waals surface area contributed by atoms with Crippen LogP contribution in [0.5, 0.6) is 0 Å². The van der Waals surface area contributed by atoms with E-state index in [0.29, 0.717) is 12.2 Å². The molecule has 2 aromatic carbocycles. The van der Waals surface area contributed by atoms with Gasteiger partial charge in [0, 0.05) is 6.54 Å². The van der Waals surface area contributed by atoms with Crippen molar-refractivity contribution in [1.82, 2.24) is 0 Å². The van der Waals surface area contributed by atoms with Crippen molar-refractivity contribution >= 4 is 21.5 Å². The second-order valence-corrected chi connectivity index (χ2v) is 13.4. The number of nitrogens with one attached hydrogen (secondary N) is 1. The topological polar surface area (TPSA) is 69.6 Å². The maximum Gasteiger partial charge on any atom is 0.296 e. The zero-order valence-corrected chi connectivity index (χ0v) is 26.5. The lowest BCUT2D eigenvalue weighted by Crippen LogP contribution is -2.35. The Bertz CT molecular complexity index is 1070. The van der Waals surface area contributed by atoms with E-state index in [2.05, 4.69) is 29.3 Å². The third-order valence-corrected chi connectivity index (χ3v) is 9.42. The number of anilines is 2. The summed E-state index contributed by atoms with van der Waals surface area (Å²) < 4.78 is 34.2. The van der Waals surface area contributed by atoms with Gasteiger partial charge in [-0.2, -0.15) is 8.42 Å². The normalized spacial score (nSPS) is 14.8. The molecule has 0 aliphatic carbocycles. The molecule has 1 aliphatic rings. The van der Waals surface area contributed by atoms with Crippen LogP contribution in [0, 0.1) is 0 Å². The van der Waals surface area contributed by atoms with Crippen molar-refractivity contribution in [2.24, 2.45) is 0 Å². The molecule has 1 unspecified atom stereocenters. The Balaban J connectivity index is 1.26. The summed E-state index contributed by atoms with van der Waals surface area (Å²) >= 11 is 0. The van der Waals surface area contributed by atoms with Crippen molar-refractivity contribution in [2.45, 2.75) is 153 Å². The van der Waals surface area contributed by atoms with Gasteiger partial charge in [0.25, 0.3) is 10.1 Å². The van der Waals surface area contributed by atoms with Gasteiger partial charge < -0.3 is 10.2 Å². The van der Waals surface area contributed by atoms with E-state index in [1.807, 2.05) is 24.3 Å². The van der Waals surface area contributed by atoms with Gasteiger partial charge in [-0.25, -0.2) is 0 Å². The van der Waals surface area contributed by atoms with Crippen LogP contribution in [0.4, 0.5) is 11.4 Å². The van der Waals surface area contributed by atoms with E-state index in [0.717, 1.165) is 24.1 Å². The van der Waals surface area contributed by atoms with Crippen molar-refractivity contribution < 1.29 is 13.0 Å². The second-order valence-electron chi connectivity index (χ2n) is 12.1. The summed E-state index contributed by atoms with van der Waals surface area (Å²) in [5.41, 5.74) is 2.48. The molecule has 3 rings (SSSR count). The van der Waals surface area contributed by atoms with Crippen LogP contribution in [0.15, 0.2) is 53.4 Å². The first-order valence-electron chi connectivity index (χ1n) is 16.7. The molecule has 6 heteroatoms. The maximum atomic E-state index is 12.1. The highest BCUT2D eigenvalue weighted by atomic mass is 32.2. The third-order valence-electron chi connectivity index (χ3n) is 8.54. The van der Waals surface area contributed by atoms with Crippen molar-refractivity contribution in [3.63, 3.8) is 0 Å². The number of benzene rings is 2. The van der Waals surface area contributed by atoms with Gasteiger partial charge in [-0.1, -0.05) is 159 Å². The maximum absolute atomic E-state index is 12.1. The number of fused-ring (bicyclic) bond motifs is 1. The molecule has 1 heterocycles. The van der Waals surface area contributed by atoms with Crippen molar-refractivity contribution in [3.05, 3.63) is 54.1 Å². The number of rotatable bonds is 23. The number of para-hydroxylation sites is 1. The summed E-state index contributed by atoms with van der Waals surface area (Å²) in [4.78, 5) is 2.09. The Morgan fingerprint density at radius 2 is 1.15 bits per heavy atom. The van der Waals surface area contributed by atoms with E-state index in [-0.39, 0.29) is 11.1 Å². The summed E-state index contributed by atoms with van der Waals surface area (Å²) in [6, 6.07) is 15.2. The molecule has 0 amide bonds. The molecule has 0 spiro atoms. The molecule has 1 atom stereocenters. The molecule has 41 heavy (non-hydrogen) atoms. The van der Waals surface area contributed by atoms with Crippen molar-refractivity contribution in [3.8, 4) is 0 Å². The Morgan fingerprint density at radius 3 is 1.63 bits per heavy atom. The Labute approximate surface area is 251 Å². The first-order valence-corrected chi connectivity index (χ1v) is 18.1. The summed E-state index contributed by atoms with van der Waals surface area (Å²) in [7, 11) is -4.31. The van der Waals surface area contributed by atoms with Crippen LogP contribution in [0.1, 0.15) is 141 Å². The quantitative estimate of drug-likeness (QED) is 0.100. The van der Waals surface area contributed by atoms with E-state index < -0.39 is 10.1 Å². The number of hydrogen-bond donors (Lipinski definition) is 2. The van der Waals surface area contributed by atoms with Gasteiger partial charge in [0.2, 0.25) is 0 Å². The molecule has 2 aromatic rings. The predicted octanol–water partition coefficient (Wildman–Crippen LogP) is 10.5. The SMILES string of the molecule is CCCCCCCCCCCCCCCCCCCCCC1Nc2cccc(S(=O)(=O)O)c2N1Cc1ccccc1. The van der Waals surface area contributed by atoms with E-state index >= 15 is 0 Å².